The zero-order valence-corrected chi connectivity index (χ0v) is 13.7. The highest BCUT2D eigenvalue weighted by molar-refractivity contribution is 5.77. The number of pyridine rings is 3. The maximum absolute atomic E-state index is 5.80. The van der Waals surface area contributed by atoms with Gasteiger partial charge in [0.15, 0.2) is 5.65 Å². The molecule has 0 amide bonds. The fourth-order valence-corrected chi connectivity index (χ4v) is 2.86. The number of rotatable bonds is 3. The van der Waals surface area contributed by atoms with Crippen LogP contribution in [0, 0.1) is 6.92 Å². The Bertz CT molecular complexity index is 1030. The van der Waals surface area contributed by atoms with E-state index in [-0.39, 0.29) is 0 Å². The van der Waals surface area contributed by atoms with E-state index in [1.54, 1.807) is 18.3 Å². The zero-order valence-electron chi connectivity index (χ0n) is 13.7. The average molecular weight is 331 g/mol. The van der Waals surface area contributed by atoms with Gasteiger partial charge in [0.2, 0.25) is 0 Å². The van der Waals surface area contributed by atoms with E-state index in [1.165, 1.54) is 0 Å². The van der Waals surface area contributed by atoms with E-state index in [4.69, 9.17) is 16.5 Å². The Morgan fingerprint density at radius 2 is 1.80 bits per heavy atom. The van der Waals surface area contributed by atoms with Crippen LogP contribution in [0.5, 0.6) is 0 Å². The molecule has 124 valence electrons. The molecule has 0 aliphatic carbocycles. The second-order valence-corrected chi connectivity index (χ2v) is 5.85. The molecular formula is C18H17N7. The number of aromatic nitrogens is 5. The van der Waals surface area contributed by atoms with Crippen molar-refractivity contribution in [1.29, 1.82) is 0 Å². The normalized spacial score (nSPS) is 11.1. The van der Waals surface area contributed by atoms with Crippen molar-refractivity contribution >= 4 is 22.8 Å². The van der Waals surface area contributed by atoms with Crippen molar-refractivity contribution in [2.75, 3.05) is 11.5 Å². The summed E-state index contributed by atoms with van der Waals surface area (Å²) in [6.07, 6.45) is 3.61. The molecule has 4 N–H and O–H groups in total. The standard InChI is InChI=1S/C18H17N7/c1-11-22-15-5-4-14(13-7-16(19)24-17(20)8-13)23-18(15)25(11)10-12-3-2-6-21-9-12/h2-9H,10H2,1H3,(H4,19,20,24). The van der Waals surface area contributed by atoms with Gasteiger partial charge < -0.3 is 16.0 Å². The molecule has 0 unspecified atom stereocenters. The summed E-state index contributed by atoms with van der Waals surface area (Å²) >= 11 is 0. The highest BCUT2D eigenvalue weighted by atomic mass is 15.1. The van der Waals surface area contributed by atoms with Crippen LogP contribution in [0.25, 0.3) is 22.4 Å². The first-order valence-corrected chi connectivity index (χ1v) is 7.86. The van der Waals surface area contributed by atoms with Gasteiger partial charge in [0.25, 0.3) is 0 Å². The van der Waals surface area contributed by atoms with E-state index in [0.29, 0.717) is 18.2 Å². The minimum absolute atomic E-state index is 0.372. The number of fused-ring (bicyclic) bond motifs is 1. The van der Waals surface area contributed by atoms with Crippen LogP contribution in [-0.4, -0.2) is 24.5 Å². The lowest BCUT2D eigenvalue weighted by atomic mass is 10.1. The molecule has 0 spiro atoms. The average Bonchev–Trinajstić information content (AvgIpc) is 2.90. The van der Waals surface area contributed by atoms with E-state index in [2.05, 4.69) is 19.5 Å². The molecule has 0 radical (unpaired) electrons. The van der Waals surface area contributed by atoms with Crippen LogP contribution in [0.1, 0.15) is 11.4 Å². The van der Waals surface area contributed by atoms with E-state index in [1.807, 2.05) is 37.4 Å². The summed E-state index contributed by atoms with van der Waals surface area (Å²) in [6.45, 7) is 2.63. The van der Waals surface area contributed by atoms with Gasteiger partial charge in [0.1, 0.15) is 23.0 Å². The molecule has 0 bridgehead atoms. The summed E-state index contributed by atoms with van der Waals surface area (Å²) in [7, 11) is 0. The SMILES string of the molecule is Cc1nc2ccc(-c3cc(N)nc(N)c3)nc2n1Cc1cccnc1. The Hall–Kier alpha value is -3.48. The molecular weight excluding hydrogens is 314 g/mol. The van der Waals surface area contributed by atoms with Gasteiger partial charge >= 0.3 is 0 Å². The monoisotopic (exact) mass is 331 g/mol. The summed E-state index contributed by atoms with van der Waals surface area (Å²) in [5, 5.41) is 0. The molecule has 4 aromatic rings. The smallest absolute Gasteiger partial charge is 0.160 e. The second-order valence-electron chi connectivity index (χ2n) is 5.85. The van der Waals surface area contributed by atoms with Gasteiger partial charge in [-0.1, -0.05) is 6.07 Å². The lowest BCUT2D eigenvalue weighted by Gasteiger charge is -2.08. The summed E-state index contributed by atoms with van der Waals surface area (Å²) < 4.78 is 2.07. The molecule has 4 aromatic heterocycles. The Balaban J connectivity index is 1.83. The molecule has 7 heteroatoms. The third kappa shape index (κ3) is 2.87. The molecule has 0 aromatic carbocycles. The van der Waals surface area contributed by atoms with E-state index in [9.17, 15) is 0 Å². The third-order valence-electron chi connectivity index (χ3n) is 4.01. The fourth-order valence-electron chi connectivity index (χ4n) is 2.86. The van der Waals surface area contributed by atoms with Crippen LogP contribution in [-0.2, 0) is 6.54 Å². The van der Waals surface area contributed by atoms with Crippen LogP contribution in [0.4, 0.5) is 11.6 Å². The minimum atomic E-state index is 0.372. The first-order valence-electron chi connectivity index (χ1n) is 7.86. The van der Waals surface area contributed by atoms with Crippen LogP contribution < -0.4 is 11.5 Å². The maximum atomic E-state index is 5.80. The molecule has 0 aliphatic rings. The van der Waals surface area contributed by atoms with E-state index < -0.39 is 0 Å². The lowest BCUT2D eigenvalue weighted by molar-refractivity contribution is 0.774. The van der Waals surface area contributed by atoms with Crippen molar-refractivity contribution in [3.8, 4) is 11.3 Å². The zero-order chi connectivity index (χ0) is 17.4. The Labute approximate surface area is 144 Å². The van der Waals surface area contributed by atoms with Gasteiger partial charge in [-0.3, -0.25) is 4.98 Å². The Morgan fingerprint density at radius 3 is 2.52 bits per heavy atom. The highest BCUT2D eigenvalue weighted by Gasteiger charge is 2.12. The Kier molecular flexibility index (Phi) is 3.53. The van der Waals surface area contributed by atoms with Gasteiger partial charge in [-0.25, -0.2) is 15.0 Å². The van der Waals surface area contributed by atoms with Crippen molar-refractivity contribution in [3.63, 3.8) is 0 Å². The van der Waals surface area contributed by atoms with Gasteiger partial charge in [0, 0.05) is 18.0 Å². The third-order valence-corrected chi connectivity index (χ3v) is 4.01. The number of nitrogens with zero attached hydrogens (tertiary/aromatic N) is 5. The quantitative estimate of drug-likeness (QED) is 0.597. The highest BCUT2D eigenvalue weighted by Crippen LogP contribution is 2.24. The summed E-state index contributed by atoms with van der Waals surface area (Å²) in [5.41, 5.74) is 16.0. The topological polar surface area (TPSA) is 109 Å². The molecule has 4 heterocycles. The summed E-state index contributed by atoms with van der Waals surface area (Å²) in [5.74, 6) is 1.64. The predicted molar refractivity (Wildman–Crippen MR) is 97.7 cm³/mol. The Morgan fingerprint density at radius 1 is 1.00 bits per heavy atom. The van der Waals surface area contributed by atoms with Crippen molar-refractivity contribution < 1.29 is 0 Å². The van der Waals surface area contributed by atoms with Crippen LogP contribution in [0.15, 0.2) is 48.8 Å². The van der Waals surface area contributed by atoms with Crippen molar-refractivity contribution in [2.24, 2.45) is 0 Å². The van der Waals surface area contributed by atoms with E-state index in [0.717, 1.165) is 33.8 Å². The van der Waals surface area contributed by atoms with Crippen molar-refractivity contribution in [3.05, 3.63) is 60.2 Å². The van der Waals surface area contributed by atoms with Gasteiger partial charge in [-0.05, 0) is 42.8 Å². The first-order chi connectivity index (χ1) is 12.1. The molecule has 0 saturated carbocycles. The molecule has 0 atom stereocenters. The lowest BCUT2D eigenvalue weighted by Crippen LogP contribution is -2.03. The molecule has 0 saturated heterocycles. The second kappa shape index (κ2) is 5.86. The summed E-state index contributed by atoms with van der Waals surface area (Å²) in [6, 6.07) is 11.4. The van der Waals surface area contributed by atoms with Crippen LogP contribution in [0.3, 0.4) is 0 Å². The number of aryl methyl sites for hydroxylation is 1. The molecule has 25 heavy (non-hydrogen) atoms. The first kappa shape index (κ1) is 15.1. The number of nitrogens with two attached hydrogens (primary N) is 2. The van der Waals surface area contributed by atoms with Crippen LogP contribution in [0.2, 0.25) is 0 Å². The minimum Gasteiger partial charge on any atom is -0.384 e. The molecule has 0 aliphatic heterocycles. The van der Waals surface area contributed by atoms with Gasteiger partial charge in [0.05, 0.1) is 12.2 Å². The number of nitrogen functional groups attached to an aromatic ring is 2. The summed E-state index contributed by atoms with van der Waals surface area (Å²) in [4.78, 5) is 17.6. The van der Waals surface area contributed by atoms with Crippen LogP contribution >= 0.6 is 0 Å². The molecule has 4 rings (SSSR count). The van der Waals surface area contributed by atoms with Gasteiger partial charge in [-0.15, -0.1) is 0 Å². The number of imidazole rings is 1. The number of anilines is 2. The largest absolute Gasteiger partial charge is 0.384 e. The van der Waals surface area contributed by atoms with Gasteiger partial charge in [-0.2, -0.15) is 0 Å². The van der Waals surface area contributed by atoms with E-state index >= 15 is 0 Å². The van der Waals surface area contributed by atoms with Crippen molar-refractivity contribution in [2.45, 2.75) is 13.5 Å². The van der Waals surface area contributed by atoms with Crippen molar-refractivity contribution in [1.82, 2.24) is 24.5 Å². The fraction of sp³-hybridized carbons (Fsp3) is 0.111. The predicted octanol–water partition coefficient (Wildman–Crippen LogP) is 2.41. The molecule has 0 fully saturated rings. The number of hydrogen-bond donors (Lipinski definition) is 2. The molecule has 7 nitrogen and oxygen atoms in total. The maximum Gasteiger partial charge on any atom is 0.160 e. The number of hydrogen-bond acceptors (Lipinski definition) is 6.